The molecule has 2 rings (SSSR count). The molecule has 0 aromatic carbocycles. The van der Waals surface area contributed by atoms with Gasteiger partial charge >= 0.3 is 0 Å². The quantitative estimate of drug-likeness (QED) is 0.827. The Hall–Kier alpha value is -0.710. The molecule has 1 atom stereocenters. The van der Waals surface area contributed by atoms with Crippen molar-refractivity contribution in [2.45, 2.75) is 12.5 Å². The van der Waals surface area contributed by atoms with Crippen LogP contribution in [-0.2, 0) is 5.60 Å². The number of nitrogens with zero attached hydrogens (tertiary/aromatic N) is 1. The summed E-state index contributed by atoms with van der Waals surface area (Å²) in [6.45, 7) is 1.79. The maximum atomic E-state index is 10.2. The van der Waals surface area contributed by atoms with Crippen molar-refractivity contribution >= 4 is 22.9 Å². The zero-order chi connectivity index (χ0) is 9.31. The summed E-state index contributed by atoms with van der Waals surface area (Å²) in [7, 11) is 0. The van der Waals surface area contributed by atoms with Gasteiger partial charge in [0.25, 0.3) is 0 Å². The van der Waals surface area contributed by atoms with E-state index in [4.69, 9.17) is 0 Å². The van der Waals surface area contributed by atoms with Crippen molar-refractivity contribution in [2.24, 2.45) is 0 Å². The topological polar surface area (TPSA) is 33.1 Å². The highest BCUT2D eigenvalue weighted by Crippen LogP contribution is 2.32. The van der Waals surface area contributed by atoms with Crippen molar-refractivity contribution in [3.05, 3.63) is 39.5 Å². The monoisotopic (exact) mass is 211 g/mol. The second-order valence-corrected chi connectivity index (χ2v) is 4.57. The molecule has 0 radical (unpaired) electrons. The van der Waals surface area contributed by atoms with Crippen LogP contribution >= 0.6 is 22.9 Å². The van der Waals surface area contributed by atoms with Gasteiger partial charge in [0.1, 0.15) is 5.60 Å². The van der Waals surface area contributed by atoms with Crippen LogP contribution in [0.1, 0.15) is 17.4 Å². The molecule has 0 aliphatic rings. The molecule has 0 spiro atoms. The first kappa shape index (κ1) is 8.87. The summed E-state index contributed by atoms with van der Waals surface area (Å²) in [5.74, 6) is 0. The minimum Gasteiger partial charge on any atom is -0.380 e. The average molecular weight is 211 g/mol. The van der Waals surface area contributed by atoms with Gasteiger partial charge in [-0.25, -0.2) is 4.37 Å². The second kappa shape index (κ2) is 3.21. The lowest BCUT2D eigenvalue weighted by molar-refractivity contribution is 0.107. The van der Waals surface area contributed by atoms with E-state index in [-0.39, 0.29) is 0 Å². The molecule has 1 unspecified atom stereocenters. The number of hydrogen-bond donors (Lipinski definition) is 1. The third-order valence-electron chi connectivity index (χ3n) is 2.00. The van der Waals surface area contributed by atoms with Crippen LogP contribution in [0.2, 0.25) is 0 Å². The smallest absolute Gasteiger partial charge is 0.123 e. The van der Waals surface area contributed by atoms with Crippen molar-refractivity contribution in [1.82, 2.24) is 4.37 Å². The van der Waals surface area contributed by atoms with Crippen molar-refractivity contribution in [2.75, 3.05) is 0 Å². The van der Waals surface area contributed by atoms with Crippen molar-refractivity contribution < 1.29 is 5.11 Å². The fraction of sp³-hybridized carbons (Fsp3) is 0.222. The molecule has 13 heavy (non-hydrogen) atoms. The summed E-state index contributed by atoms with van der Waals surface area (Å²) in [6.07, 6.45) is 1.71. The van der Waals surface area contributed by atoms with Gasteiger partial charge in [-0.1, -0.05) is 0 Å². The third kappa shape index (κ3) is 1.52. The van der Waals surface area contributed by atoms with Crippen LogP contribution < -0.4 is 0 Å². The van der Waals surface area contributed by atoms with Crippen LogP contribution in [0.5, 0.6) is 0 Å². The first-order valence-corrected chi connectivity index (χ1v) is 5.59. The Morgan fingerprint density at radius 1 is 1.46 bits per heavy atom. The molecule has 2 aromatic heterocycles. The van der Waals surface area contributed by atoms with Gasteiger partial charge in [0.2, 0.25) is 0 Å². The molecule has 0 saturated heterocycles. The second-order valence-electron chi connectivity index (χ2n) is 2.96. The number of aliphatic hydroxyl groups is 1. The molecule has 68 valence electrons. The molecule has 0 bridgehead atoms. The Bertz CT molecular complexity index is 328. The van der Waals surface area contributed by atoms with Crippen LogP contribution in [0, 0.1) is 0 Å². The van der Waals surface area contributed by atoms with E-state index in [1.807, 2.05) is 22.9 Å². The molecule has 0 aliphatic carbocycles. The number of hydrogen-bond acceptors (Lipinski definition) is 4. The predicted molar refractivity (Wildman–Crippen MR) is 55.1 cm³/mol. The highest BCUT2D eigenvalue weighted by molar-refractivity contribution is 7.08. The molecule has 2 heterocycles. The highest BCUT2D eigenvalue weighted by atomic mass is 32.1. The minimum atomic E-state index is -0.888. The first-order valence-electron chi connectivity index (χ1n) is 3.87. The van der Waals surface area contributed by atoms with E-state index in [0.29, 0.717) is 0 Å². The van der Waals surface area contributed by atoms with Crippen molar-refractivity contribution in [3.63, 3.8) is 0 Å². The summed E-state index contributed by atoms with van der Waals surface area (Å²) in [4.78, 5) is 0.880. The molecular weight excluding hydrogens is 202 g/mol. The third-order valence-corrected chi connectivity index (χ3v) is 3.64. The Morgan fingerprint density at radius 2 is 2.31 bits per heavy atom. The van der Waals surface area contributed by atoms with Crippen molar-refractivity contribution in [3.8, 4) is 0 Å². The molecule has 0 saturated carbocycles. The normalized spacial score (nSPS) is 15.5. The molecule has 0 fully saturated rings. The van der Waals surface area contributed by atoms with Gasteiger partial charge in [0.05, 0.1) is 4.88 Å². The fourth-order valence-corrected chi connectivity index (χ4v) is 2.56. The van der Waals surface area contributed by atoms with Gasteiger partial charge < -0.3 is 5.11 Å². The minimum absolute atomic E-state index is 0.880. The summed E-state index contributed by atoms with van der Waals surface area (Å²) >= 11 is 2.92. The molecule has 4 heteroatoms. The van der Waals surface area contributed by atoms with Crippen LogP contribution in [0.3, 0.4) is 0 Å². The molecule has 0 amide bonds. The number of aromatic nitrogens is 1. The standard InChI is InChI=1S/C9H9NOS2/c1-9(11,7-3-5-12-6-7)8-2-4-10-13-8/h2-6,11H,1H3. The summed E-state index contributed by atoms with van der Waals surface area (Å²) in [6, 6.07) is 3.78. The van der Waals surface area contributed by atoms with E-state index in [0.717, 1.165) is 10.4 Å². The summed E-state index contributed by atoms with van der Waals surface area (Å²) in [5.41, 5.74) is 0.0444. The Morgan fingerprint density at radius 3 is 2.85 bits per heavy atom. The Kier molecular flexibility index (Phi) is 2.19. The maximum Gasteiger partial charge on any atom is 0.123 e. The molecular formula is C9H9NOS2. The number of thiophene rings is 1. The van der Waals surface area contributed by atoms with E-state index in [1.165, 1.54) is 11.5 Å². The lowest BCUT2D eigenvalue weighted by Crippen LogP contribution is -2.20. The van der Waals surface area contributed by atoms with E-state index in [1.54, 1.807) is 24.5 Å². The van der Waals surface area contributed by atoms with Gasteiger partial charge in [0.15, 0.2) is 0 Å². The summed E-state index contributed by atoms with van der Waals surface area (Å²) in [5, 5.41) is 14.1. The lowest BCUT2D eigenvalue weighted by atomic mass is 9.98. The predicted octanol–water partition coefficient (Wildman–Crippen LogP) is 2.46. The van der Waals surface area contributed by atoms with Gasteiger partial charge in [-0.2, -0.15) is 11.3 Å². The molecule has 1 N–H and O–H groups in total. The van der Waals surface area contributed by atoms with E-state index in [9.17, 15) is 5.11 Å². The van der Waals surface area contributed by atoms with Crippen LogP contribution in [-0.4, -0.2) is 9.48 Å². The summed E-state index contributed by atoms with van der Waals surface area (Å²) < 4.78 is 3.98. The van der Waals surface area contributed by atoms with Crippen LogP contribution in [0.25, 0.3) is 0 Å². The van der Waals surface area contributed by atoms with Gasteiger partial charge in [-0.05, 0) is 46.9 Å². The number of rotatable bonds is 2. The zero-order valence-corrected chi connectivity index (χ0v) is 8.73. The maximum absolute atomic E-state index is 10.2. The van der Waals surface area contributed by atoms with Gasteiger partial charge in [-0.15, -0.1) is 0 Å². The van der Waals surface area contributed by atoms with Gasteiger partial charge in [-0.3, -0.25) is 0 Å². The molecule has 0 aliphatic heterocycles. The van der Waals surface area contributed by atoms with E-state index < -0.39 is 5.60 Å². The SMILES string of the molecule is CC(O)(c1ccsc1)c1ccns1. The first-order chi connectivity index (χ1) is 6.21. The van der Waals surface area contributed by atoms with Crippen LogP contribution in [0.15, 0.2) is 29.1 Å². The molecule has 2 nitrogen and oxygen atoms in total. The van der Waals surface area contributed by atoms with Gasteiger partial charge in [0, 0.05) is 6.20 Å². The van der Waals surface area contributed by atoms with Crippen LogP contribution in [0.4, 0.5) is 0 Å². The lowest BCUT2D eigenvalue weighted by Gasteiger charge is -2.19. The molecule has 2 aromatic rings. The zero-order valence-electron chi connectivity index (χ0n) is 7.10. The van der Waals surface area contributed by atoms with E-state index >= 15 is 0 Å². The highest BCUT2D eigenvalue weighted by Gasteiger charge is 2.27. The Balaban J connectivity index is 2.42. The fourth-order valence-electron chi connectivity index (χ4n) is 1.15. The van der Waals surface area contributed by atoms with E-state index in [2.05, 4.69) is 4.37 Å². The average Bonchev–Trinajstić information content (AvgIpc) is 2.78. The Labute approximate surface area is 84.7 Å². The van der Waals surface area contributed by atoms with Crippen molar-refractivity contribution in [1.29, 1.82) is 0 Å². The largest absolute Gasteiger partial charge is 0.380 e.